The maximum atomic E-state index is 13.9. The van der Waals surface area contributed by atoms with Crippen molar-refractivity contribution in [3.8, 4) is 11.5 Å². The van der Waals surface area contributed by atoms with Crippen molar-refractivity contribution in [1.82, 2.24) is 5.32 Å². The Bertz CT molecular complexity index is 1090. The zero-order valence-corrected chi connectivity index (χ0v) is 23.6. The highest BCUT2D eigenvalue weighted by atomic mass is 35.5. The first kappa shape index (κ1) is 30.7. The van der Waals surface area contributed by atoms with Crippen LogP contribution in [0.4, 0.5) is 5.69 Å². The molecule has 2 atom stereocenters. The van der Waals surface area contributed by atoms with E-state index in [9.17, 15) is 9.59 Å². The molecule has 0 aromatic heterocycles. The standard InChI is InChI=1S/C27H36ClN3O5.ClH/c1-27(2,3)16-31-20-11-10-17(28)14-19(20)24(18-8-6-9-21(34-4)25(18)35-5)36-22(26(31)33)15-23(32)30-13-7-12-29;/h6,8-11,14,22,24H,7,12-13,15-16,29H2,1-5H3,(H,30,32);1H/t22-,24-;/m1./s1. The van der Waals surface area contributed by atoms with Gasteiger partial charge in [-0.3, -0.25) is 9.59 Å². The van der Waals surface area contributed by atoms with Gasteiger partial charge in [0, 0.05) is 34.9 Å². The highest BCUT2D eigenvalue weighted by molar-refractivity contribution is 6.30. The number of rotatable bonds is 9. The van der Waals surface area contributed by atoms with E-state index in [4.69, 9.17) is 31.5 Å². The Morgan fingerprint density at radius 1 is 1.16 bits per heavy atom. The minimum atomic E-state index is -1.03. The smallest absolute Gasteiger partial charge is 0.256 e. The van der Waals surface area contributed by atoms with Crippen molar-refractivity contribution in [2.45, 2.75) is 45.8 Å². The molecule has 0 saturated heterocycles. The predicted molar refractivity (Wildman–Crippen MR) is 148 cm³/mol. The third-order valence-corrected chi connectivity index (χ3v) is 6.06. The second kappa shape index (κ2) is 13.3. The molecule has 0 fully saturated rings. The van der Waals surface area contributed by atoms with Gasteiger partial charge in [0.15, 0.2) is 11.5 Å². The zero-order chi connectivity index (χ0) is 26.5. The van der Waals surface area contributed by atoms with E-state index in [0.29, 0.717) is 59.4 Å². The van der Waals surface area contributed by atoms with E-state index in [2.05, 4.69) is 26.1 Å². The van der Waals surface area contributed by atoms with E-state index >= 15 is 0 Å². The molecule has 1 aliphatic rings. The molecule has 0 spiro atoms. The van der Waals surface area contributed by atoms with Crippen LogP contribution in [0.5, 0.6) is 11.5 Å². The van der Waals surface area contributed by atoms with Gasteiger partial charge in [0.1, 0.15) is 12.2 Å². The maximum Gasteiger partial charge on any atom is 0.256 e. The highest BCUT2D eigenvalue weighted by Gasteiger charge is 2.40. The van der Waals surface area contributed by atoms with E-state index in [0.717, 1.165) is 0 Å². The molecule has 0 radical (unpaired) electrons. The van der Waals surface area contributed by atoms with Gasteiger partial charge in [-0.15, -0.1) is 12.4 Å². The summed E-state index contributed by atoms with van der Waals surface area (Å²) in [6.07, 6.45) is -1.25. The topological polar surface area (TPSA) is 103 Å². The summed E-state index contributed by atoms with van der Waals surface area (Å²) in [7, 11) is 3.11. The number of hydrogen-bond acceptors (Lipinski definition) is 6. The van der Waals surface area contributed by atoms with Crippen LogP contribution < -0.4 is 25.4 Å². The van der Waals surface area contributed by atoms with Crippen LogP contribution in [0.25, 0.3) is 0 Å². The van der Waals surface area contributed by atoms with Gasteiger partial charge in [0.05, 0.1) is 20.6 Å². The lowest BCUT2D eigenvalue weighted by molar-refractivity contribution is -0.138. The van der Waals surface area contributed by atoms with E-state index < -0.39 is 12.2 Å². The van der Waals surface area contributed by atoms with Crippen LogP contribution in [0.15, 0.2) is 36.4 Å². The quantitative estimate of drug-likeness (QED) is 0.443. The molecule has 2 aromatic rings. The first-order valence-electron chi connectivity index (χ1n) is 12.0. The first-order chi connectivity index (χ1) is 17.1. The van der Waals surface area contributed by atoms with Crippen molar-refractivity contribution in [3.05, 3.63) is 52.5 Å². The maximum absolute atomic E-state index is 13.9. The number of halogens is 2. The molecule has 10 heteroatoms. The van der Waals surface area contributed by atoms with Crippen molar-refractivity contribution >= 4 is 41.5 Å². The van der Waals surface area contributed by atoms with Crippen molar-refractivity contribution in [2.75, 3.05) is 38.8 Å². The third kappa shape index (κ3) is 7.51. The summed E-state index contributed by atoms with van der Waals surface area (Å²) in [5, 5.41) is 3.33. The average Bonchev–Trinajstić information content (AvgIpc) is 2.93. The minimum absolute atomic E-state index is 0. The van der Waals surface area contributed by atoms with Gasteiger partial charge in [-0.05, 0) is 42.6 Å². The fraction of sp³-hybridized carbons (Fsp3) is 0.481. The predicted octanol–water partition coefficient (Wildman–Crippen LogP) is 4.50. The summed E-state index contributed by atoms with van der Waals surface area (Å²) in [6.45, 7) is 7.49. The summed E-state index contributed by atoms with van der Waals surface area (Å²) >= 11 is 6.43. The zero-order valence-electron chi connectivity index (χ0n) is 22.0. The second-order valence-electron chi connectivity index (χ2n) is 9.97. The number of methoxy groups -OCH3 is 2. The molecule has 0 saturated carbocycles. The lowest BCUT2D eigenvalue weighted by Crippen LogP contribution is -2.45. The van der Waals surface area contributed by atoms with E-state index in [-0.39, 0.29) is 36.1 Å². The summed E-state index contributed by atoms with van der Waals surface area (Å²) in [4.78, 5) is 28.4. The Morgan fingerprint density at radius 2 is 1.89 bits per heavy atom. The lowest BCUT2D eigenvalue weighted by Gasteiger charge is -2.31. The van der Waals surface area contributed by atoms with Gasteiger partial charge in [-0.1, -0.05) is 44.5 Å². The van der Waals surface area contributed by atoms with Crippen molar-refractivity contribution in [3.63, 3.8) is 0 Å². The van der Waals surface area contributed by atoms with Crippen LogP contribution in [0.3, 0.4) is 0 Å². The second-order valence-corrected chi connectivity index (χ2v) is 10.4. The number of carbonyl (C=O) groups excluding carboxylic acids is 2. The van der Waals surface area contributed by atoms with E-state index in [1.807, 2.05) is 18.2 Å². The molecular weight excluding hydrogens is 517 g/mol. The fourth-order valence-electron chi connectivity index (χ4n) is 4.27. The van der Waals surface area contributed by atoms with Crippen molar-refractivity contribution < 1.29 is 23.8 Å². The summed E-state index contributed by atoms with van der Waals surface area (Å²) in [6, 6.07) is 10.9. The van der Waals surface area contributed by atoms with Crippen LogP contribution >= 0.6 is 24.0 Å². The number of para-hydroxylation sites is 1. The first-order valence-corrected chi connectivity index (χ1v) is 12.4. The lowest BCUT2D eigenvalue weighted by atomic mass is 9.94. The van der Waals surface area contributed by atoms with Gasteiger partial charge in [-0.2, -0.15) is 0 Å². The molecule has 1 aliphatic heterocycles. The number of hydrogen-bond donors (Lipinski definition) is 2. The van der Waals surface area contributed by atoms with Crippen molar-refractivity contribution in [1.29, 1.82) is 0 Å². The number of nitrogens with two attached hydrogens (primary N) is 1. The molecule has 2 aromatic carbocycles. The Labute approximate surface area is 230 Å². The summed E-state index contributed by atoms with van der Waals surface area (Å²) in [5.74, 6) is 0.448. The summed E-state index contributed by atoms with van der Waals surface area (Å²) in [5.41, 5.74) is 7.38. The molecule has 3 rings (SSSR count). The van der Waals surface area contributed by atoms with Crippen LogP contribution in [0, 0.1) is 5.41 Å². The number of fused-ring (bicyclic) bond motifs is 1. The number of amides is 2. The van der Waals surface area contributed by atoms with Gasteiger partial charge in [0.25, 0.3) is 5.91 Å². The van der Waals surface area contributed by atoms with Gasteiger partial charge < -0.3 is 30.2 Å². The minimum Gasteiger partial charge on any atom is -0.493 e. The Balaban J connectivity index is 0.00000481. The average molecular weight is 555 g/mol. The molecule has 0 aliphatic carbocycles. The Hall–Kier alpha value is -2.52. The monoisotopic (exact) mass is 553 g/mol. The van der Waals surface area contributed by atoms with E-state index in [1.54, 1.807) is 37.3 Å². The molecule has 37 heavy (non-hydrogen) atoms. The largest absolute Gasteiger partial charge is 0.493 e. The molecular formula is C27H37Cl2N3O5. The van der Waals surface area contributed by atoms with Crippen LogP contribution in [-0.2, 0) is 14.3 Å². The normalized spacial score (nSPS) is 17.4. The number of carbonyl (C=O) groups is 2. The number of ether oxygens (including phenoxy) is 3. The SMILES string of the molecule is COc1cccc([C@H]2O[C@H](CC(=O)NCCCN)C(=O)N(CC(C)(C)C)c3ccc(Cl)cc32)c1OC.Cl. The third-order valence-electron chi connectivity index (χ3n) is 5.83. The van der Waals surface area contributed by atoms with Crippen molar-refractivity contribution in [2.24, 2.45) is 11.1 Å². The van der Waals surface area contributed by atoms with E-state index in [1.165, 1.54) is 0 Å². The fourth-order valence-corrected chi connectivity index (χ4v) is 4.45. The molecule has 204 valence electrons. The molecule has 0 bridgehead atoms. The van der Waals surface area contributed by atoms with Gasteiger partial charge >= 0.3 is 0 Å². The molecule has 1 heterocycles. The van der Waals surface area contributed by atoms with Crippen LogP contribution in [-0.4, -0.2) is 51.8 Å². The van der Waals surface area contributed by atoms with Crippen LogP contribution in [0.2, 0.25) is 5.02 Å². The molecule has 0 unspecified atom stereocenters. The summed E-state index contributed by atoms with van der Waals surface area (Å²) < 4.78 is 17.7. The Kier molecular flexibility index (Phi) is 11.1. The molecule has 8 nitrogen and oxygen atoms in total. The van der Waals surface area contributed by atoms with Gasteiger partial charge in [-0.25, -0.2) is 0 Å². The highest BCUT2D eigenvalue weighted by Crippen LogP contribution is 2.45. The Morgan fingerprint density at radius 3 is 2.51 bits per heavy atom. The molecule has 3 N–H and O–H groups in total. The number of nitrogens with one attached hydrogen (secondary N) is 1. The van der Waals surface area contributed by atoms with Crippen LogP contribution in [0.1, 0.15) is 50.8 Å². The van der Waals surface area contributed by atoms with Gasteiger partial charge in [0.2, 0.25) is 5.91 Å². The number of benzene rings is 2. The number of nitrogens with zero attached hydrogens (tertiary/aromatic N) is 1. The number of anilines is 1. The molecule has 2 amide bonds.